The highest BCUT2D eigenvalue weighted by Gasteiger charge is 2.09. The summed E-state index contributed by atoms with van der Waals surface area (Å²) < 4.78 is 16.2. The Morgan fingerprint density at radius 1 is 1.04 bits per heavy atom. The third-order valence-corrected chi connectivity index (χ3v) is 3.45. The van der Waals surface area contributed by atoms with Crippen LogP contribution in [0.15, 0.2) is 57.6 Å². The monoisotopic (exact) mass is 341 g/mol. The molecule has 0 bridgehead atoms. The van der Waals surface area contributed by atoms with E-state index in [1.165, 1.54) is 0 Å². The molecule has 0 aliphatic rings. The molecule has 0 aliphatic carbocycles. The van der Waals surface area contributed by atoms with Gasteiger partial charge in [0.05, 0.1) is 6.26 Å². The van der Waals surface area contributed by atoms with E-state index >= 15 is 0 Å². The number of nitrogens with zero attached hydrogens (tertiary/aromatic N) is 2. The first kappa shape index (κ1) is 16.8. The summed E-state index contributed by atoms with van der Waals surface area (Å²) >= 11 is 0. The van der Waals surface area contributed by atoms with Gasteiger partial charge >= 0.3 is 0 Å². The van der Waals surface area contributed by atoms with Gasteiger partial charge in [-0.3, -0.25) is 4.79 Å². The van der Waals surface area contributed by atoms with Gasteiger partial charge in [-0.1, -0.05) is 18.2 Å². The van der Waals surface area contributed by atoms with Crippen LogP contribution in [0.2, 0.25) is 0 Å². The van der Waals surface area contributed by atoms with Gasteiger partial charge in [-0.15, -0.1) is 10.2 Å². The molecule has 3 rings (SSSR count). The van der Waals surface area contributed by atoms with Gasteiger partial charge in [0.2, 0.25) is 11.8 Å². The fourth-order valence-electron chi connectivity index (χ4n) is 2.20. The van der Waals surface area contributed by atoms with Crippen molar-refractivity contribution in [3.05, 3.63) is 66.3 Å². The standard InChI is InChI=1S/C18H19N3O4/c22-16(19-11-10-15-7-4-12-23-15)8-9-17-20-21-18(25-17)13-24-14-5-2-1-3-6-14/h1-7,12H,8-11,13H2,(H,19,22). The number of aryl methyl sites for hydroxylation is 1. The second-order valence-corrected chi connectivity index (χ2v) is 5.37. The van der Waals surface area contributed by atoms with E-state index in [4.69, 9.17) is 13.6 Å². The Hall–Kier alpha value is -3.09. The molecule has 7 heteroatoms. The van der Waals surface area contributed by atoms with E-state index in [0.29, 0.717) is 37.6 Å². The summed E-state index contributed by atoms with van der Waals surface area (Å²) in [7, 11) is 0. The summed E-state index contributed by atoms with van der Waals surface area (Å²) in [6.07, 6.45) is 2.97. The predicted octanol–water partition coefficient (Wildman–Crippen LogP) is 2.53. The zero-order valence-corrected chi connectivity index (χ0v) is 13.7. The zero-order chi connectivity index (χ0) is 17.3. The van der Waals surface area contributed by atoms with E-state index in [1.807, 2.05) is 42.5 Å². The van der Waals surface area contributed by atoms with Gasteiger partial charge in [0.15, 0.2) is 6.61 Å². The Morgan fingerprint density at radius 2 is 1.88 bits per heavy atom. The molecule has 1 aromatic carbocycles. The molecule has 25 heavy (non-hydrogen) atoms. The quantitative estimate of drug-likeness (QED) is 0.643. The number of furan rings is 1. The van der Waals surface area contributed by atoms with Gasteiger partial charge in [-0.05, 0) is 24.3 Å². The number of carbonyl (C=O) groups is 1. The van der Waals surface area contributed by atoms with Crippen LogP contribution in [0.4, 0.5) is 0 Å². The van der Waals surface area contributed by atoms with Crippen molar-refractivity contribution < 1.29 is 18.4 Å². The van der Waals surface area contributed by atoms with Gasteiger partial charge in [0, 0.05) is 25.8 Å². The summed E-state index contributed by atoms with van der Waals surface area (Å²) in [5, 5.41) is 10.7. The van der Waals surface area contributed by atoms with E-state index in [9.17, 15) is 4.79 Å². The first-order valence-electron chi connectivity index (χ1n) is 8.08. The first-order valence-corrected chi connectivity index (χ1v) is 8.08. The normalized spacial score (nSPS) is 10.6. The largest absolute Gasteiger partial charge is 0.484 e. The second kappa shape index (κ2) is 8.68. The van der Waals surface area contributed by atoms with Gasteiger partial charge in [-0.2, -0.15) is 0 Å². The van der Waals surface area contributed by atoms with Gasteiger partial charge in [0.25, 0.3) is 5.89 Å². The van der Waals surface area contributed by atoms with Crippen molar-refractivity contribution in [2.75, 3.05) is 6.54 Å². The predicted molar refractivity (Wildman–Crippen MR) is 88.8 cm³/mol. The van der Waals surface area contributed by atoms with Crippen LogP contribution in [0.5, 0.6) is 5.75 Å². The Balaban J connectivity index is 1.35. The summed E-state index contributed by atoms with van der Waals surface area (Å²) in [5.74, 6) is 2.33. The van der Waals surface area contributed by atoms with E-state index in [2.05, 4.69) is 15.5 Å². The lowest BCUT2D eigenvalue weighted by Gasteiger charge is -2.02. The third-order valence-electron chi connectivity index (χ3n) is 3.45. The van der Waals surface area contributed by atoms with Crippen molar-refractivity contribution in [2.45, 2.75) is 25.9 Å². The van der Waals surface area contributed by atoms with E-state index in [-0.39, 0.29) is 12.5 Å². The van der Waals surface area contributed by atoms with Crippen LogP contribution in [0.3, 0.4) is 0 Å². The maximum Gasteiger partial charge on any atom is 0.253 e. The molecular formula is C18H19N3O4. The smallest absolute Gasteiger partial charge is 0.253 e. The molecule has 3 aromatic rings. The molecule has 1 N–H and O–H groups in total. The van der Waals surface area contributed by atoms with Crippen molar-refractivity contribution in [3.63, 3.8) is 0 Å². The third kappa shape index (κ3) is 5.49. The Bertz CT molecular complexity index is 769. The van der Waals surface area contributed by atoms with Crippen LogP contribution in [0.25, 0.3) is 0 Å². The molecule has 130 valence electrons. The number of ether oxygens (including phenoxy) is 1. The van der Waals surface area contributed by atoms with Crippen molar-refractivity contribution in [1.29, 1.82) is 0 Å². The summed E-state index contributed by atoms with van der Waals surface area (Å²) in [6, 6.07) is 13.1. The van der Waals surface area contributed by atoms with Gasteiger partial charge < -0.3 is 18.9 Å². The number of amides is 1. The number of para-hydroxylation sites is 1. The lowest BCUT2D eigenvalue weighted by Crippen LogP contribution is -2.25. The van der Waals surface area contributed by atoms with Crippen molar-refractivity contribution in [1.82, 2.24) is 15.5 Å². The van der Waals surface area contributed by atoms with Crippen LogP contribution in [-0.2, 0) is 24.2 Å². The van der Waals surface area contributed by atoms with Gasteiger partial charge in [-0.25, -0.2) is 0 Å². The summed E-state index contributed by atoms with van der Waals surface area (Å²) in [4.78, 5) is 11.8. The summed E-state index contributed by atoms with van der Waals surface area (Å²) in [6.45, 7) is 0.735. The molecule has 0 fully saturated rings. The average molecular weight is 341 g/mol. The molecule has 0 atom stereocenters. The SMILES string of the molecule is O=C(CCc1nnc(COc2ccccc2)o1)NCCc1ccco1. The average Bonchev–Trinajstić information content (AvgIpc) is 3.31. The second-order valence-electron chi connectivity index (χ2n) is 5.37. The van der Waals surface area contributed by atoms with Gasteiger partial charge in [0.1, 0.15) is 11.5 Å². The fourth-order valence-corrected chi connectivity index (χ4v) is 2.20. The van der Waals surface area contributed by atoms with Crippen molar-refractivity contribution in [2.24, 2.45) is 0 Å². The van der Waals surface area contributed by atoms with Crippen LogP contribution in [0, 0.1) is 0 Å². The number of aromatic nitrogens is 2. The number of benzene rings is 1. The first-order chi connectivity index (χ1) is 12.3. The van der Waals surface area contributed by atoms with Crippen LogP contribution < -0.4 is 10.1 Å². The van der Waals surface area contributed by atoms with Crippen LogP contribution >= 0.6 is 0 Å². The molecule has 0 saturated carbocycles. The number of hydrogen-bond donors (Lipinski definition) is 1. The highest BCUT2D eigenvalue weighted by atomic mass is 16.5. The molecule has 2 aromatic heterocycles. The van der Waals surface area contributed by atoms with E-state index in [0.717, 1.165) is 11.5 Å². The lowest BCUT2D eigenvalue weighted by molar-refractivity contribution is -0.121. The molecule has 0 spiro atoms. The minimum absolute atomic E-state index is 0.0631. The zero-order valence-electron chi connectivity index (χ0n) is 13.7. The minimum Gasteiger partial charge on any atom is -0.484 e. The Kier molecular flexibility index (Phi) is 5.82. The number of hydrogen-bond acceptors (Lipinski definition) is 6. The number of rotatable bonds is 9. The van der Waals surface area contributed by atoms with Crippen LogP contribution in [0.1, 0.15) is 24.0 Å². The summed E-state index contributed by atoms with van der Waals surface area (Å²) in [5.41, 5.74) is 0. The molecular weight excluding hydrogens is 322 g/mol. The highest BCUT2D eigenvalue weighted by Crippen LogP contribution is 2.11. The molecule has 0 radical (unpaired) electrons. The molecule has 1 amide bonds. The molecule has 0 aliphatic heterocycles. The van der Waals surface area contributed by atoms with E-state index < -0.39 is 0 Å². The van der Waals surface area contributed by atoms with E-state index in [1.54, 1.807) is 6.26 Å². The Labute approximate surface area is 145 Å². The Morgan fingerprint density at radius 3 is 2.68 bits per heavy atom. The maximum atomic E-state index is 11.8. The topological polar surface area (TPSA) is 90.4 Å². The van der Waals surface area contributed by atoms with Crippen molar-refractivity contribution >= 4 is 5.91 Å². The number of carbonyl (C=O) groups excluding carboxylic acids is 1. The molecule has 2 heterocycles. The molecule has 7 nitrogen and oxygen atoms in total. The molecule has 0 unspecified atom stereocenters. The van der Waals surface area contributed by atoms with Crippen molar-refractivity contribution in [3.8, 4) is 5.75 Å². The lowest BCUT2D eigenvalue weighted by atomic mass is 10.3. The van der Waals surface area contributed by atoms with Crippen LogP contribution in [-0.4, -0.2) is 22.6 Å². The molecule has 0 saturated heterocycles. The minimum atomic E-state index is -0.0631. The number of nitrogens with one attached hydrogen (secondary N) is 1. The highest BCUT2D eigenvalue weighted by molar-refractivity contribution is 5.75. The fraction of sp³-hybridized carbons (Fsp3) is 0.278. The maximum absolute atomic E-state index is 11.8.